The number of rotatable bonds is 8. The van der Waals surface area contributed by atoms with Crippen LogP contribution in [0.4, 0.5) is 0 Å². The number of carbonyl (C=O) groups is 4. The molecule has 0 radical (unpaired) electrons. The van der Waals surface area contributed by atoms with Crippen LogP contribution in [0.25, 0.3) is 32.6 Å². The van der Waals surface area contributed by atoms with E-state index in [-0.39, 0.29) is 40.1 Å². The van der Waals surface area contributed by atoms with Crippen molar-refractivity contribution < 1.29 is 47.6 Å². The summed E-state index contributed by atoms with van der Waals surface area (Å²) in [5, 5.41) is 1.46. The second kappa shape index (κ2) is 12.0. The minimum absolute atomic E-state index is 0.0603. The molecule has 0 atom stereocenters. The van der Waals surface area contributed by atoms with Crippen molar-refractivity contribution in [3.63, 3.8) is 0 Å². The molecule has 0 aliphatic heterocycles. The maximum Gasteiger partial charge on any atom is 0.342 e. The van der Waals surface area contributed by atoms with E-state index in [1.54, 1.807) is 36.4 Å². The molecule has 226 valence electrons. The first-order chi connectivity index (χ1) is 21.1. The van der Waals surface area contributed by atoms with Crippen LogP contribution >= 0.6 is 0 Å². The molecule has 0 spiro atoms. The standard InChI is InChI=1S/C33H29NO10/c1-17(35)42-26-12-11-25-27(28(26)33(38)41-6)29-30(34(25)16-20-13-21(39-4)15-22(14-20)40-5)32(44-19(3)37)24-10-8-7-9-23(24)31(29)43-18(2)36/h7-15H,16H2,1-6H3. The molecule has 44 heavy (non-hydrogen) atoms. The van der Waals surface area contributed by atoms with Crippen molar-refractivity contribution >= 4 is 56.5 Å². The Labute approximate surface area is 251 Å². The lowest BCUT2D eigenvalue weighted by molar-refractivity contribution is -0.132. The minimum atomic E-state index is -0.801. The van der Waals surface area contributed by atoms with Crippen LogP contribution in [0.3, 0.4) is 0 Å². The first-order valence-corrected chi connectivity index (χ1v) is 13.5. The quantitative estimate of drug-likeness (QED) is 0.165. The van der Waals surface area contributed by atoms with Gasteiger partial charge in [-0.1, -0.05) is 24.3 Å². The van der Waals surface area contributed by atoms with Gasteiger partial charge in [0.1, 0.15) is 28.6 Å². The number of hydrogen-bond acceptors (Lipinski definition) is 10. The van der Waals surface area contributed by atoms with Gasteiger partial charge in [0.05, 0.1) is 37.7 Å². The molecule has 0 amide bonds. The third-order valence-corrected chi connectivity index (χ3v) is 6.94. The highest BCUT2D eigenvalue weighted by atomic mass is 16.6. The summed E-state index contributed by atoms with van der Waals surface area (Å²) in [6, 6.07) is 15.5. The summed E-state index contributed by atoms with van der Waals surface area (Å²) < 4.78 is 35.1. The van der Waals surface area contributed by atoms with Gasteiger partial charge in [0.25, 0.3) is 0 Å². The zero-order valence-electron chi connectivity index (χ0n) is 24.9. The molecule has 11 nitrogen and oxygen atoms in total. The van der Waals surface area contributed by atoms with Crippen molar-refractivity contribution in [3.05, 3.63) is 65.7 Å². The van der Waals surface area contributed by atoms with E-state index in [1.165, 1.54) is 48.2 Å². The van der Waals surface area contributed by atoms with Gasteiger partial charge < -0.3 is 33.0 Å². The Morgan fingerprint density at radius 2 is 1.25 bits per heavy atom. The van der Waals surface area contributed by atoms with Crippen molar-refractivity contribution in [2.24, 2.45) is 0 Å². The molecular weight excluding hydrogens is 570 g/mol. The zero-order chi connectivity index (χ0) is 31.7. The van der Waals surface area contributed by atoms with E-state index >= 15 is 0 Å². The normalized spacial score (nSPS) is 11.0. The number of ether oxygens (including phenoxy) is 6. The lowest BCUT2D eigenvalue weighted by Crippen LogP contribution is -2.10. The molecule has 0 bridgehead atoms. The fraction of sp³-hybridized carbons (Fsp3) is 0.212. The smallest absolute Gasteiger partial charge is 0.342 e. The van der Waals surface area contributed by atoms with E-state index in [9.17, 15) is 19.2 Å². The molecule has 0 saturated heterocycles. The third-order valence-electron chi connectivity index (χ3n) is 6.94. The van der Waals surface area contributed by atoms with Gasteiger partial charge in [0.2, 0.25) is 0 Å². The maximum atomic E-state index is 13.4. The van der Waals surface area contributed by atoms with Crippen LogP contribution in [-0.4, -0.2) is 49.8 Å². The van der Waals surface area contributed by atoms with E-state index in [0.29, 0.717) is 33.3 Å². The predicted octanol–water partition coefficient (Wildman–Crippen LogP) is 5.58. The van der Waals surface area contributed by atoms with E-state index in [1.807, 2.05) is 16.7 Å². The number of carbonyl (C=O) groups excluding carboxylic acids is 4. The largest absolute Gasteiger partial charge is 0.497 e. The van der Waals surface area contributed by atoms with Gasteiger partial charge >= 0.3 is 23.9 Å². The maximum absolute atomic E-state index is 13.4. The first-order valence-electron chi connectivity index (χ1n) is 13.5. The summed E-state index contributed by atoms with van der Waals surface area (Å²) in [4.78, 5) is 50.5. The molecule has 0 aliphatic rings. The van der Waals surface area contributed by atoms with Crippen molar-refractivity contribution in [3.8, 4) is 28.7 Å². The average Bonchev–Trinajstić information content (AvgIpc) is 3.31. The number of nitrogens with zero attached hydrogens (tertiary/aromatic N) is 1. The fourth-order valence-electron chi connectivity index (χ4n) is 5.37. The minimum Gasteiger partial charge on any atom is -0.497 e. The highest BCUT2D eigenvalue weighted by molar-refractivity contribution is 6.26. The fourth-order valence-corrected chi connectivity index (χ4v) is 5.37. The number of methoxy groups -OCH3 is 3. The summed E-state index contributed by atoms with van der Waals surface area (Å²) in [6.07, 6.45) is 0. The molecule has 1 aromatic heterocycles. The highest BCUT2D eigenvalue weighted by Gasteiger charge is 2.30. The average molecular weight is 600 g/mol. The number of fused-ring (bicyclic) bond motifs is 4. The first kappa shape index (κ1) is 29.9. The van der Waals surface area contributed by atoms with Crippen LogP contribution in [0.1, 0.15) is 36.7 Å². The SMILES string of the molecule is COC(=O)c1c(OC(C)=O)ccc2c1c1c(OC(C)=O)c3ccccc3c(OC(C)=O)c1n2Cc1cc(OC)cc(OC)c1. The zero-order valence-corrected chi connectivity index (χ0v) is 24.9. The van der Waals surface area contributed by atoms with Crippen molar-refractivity contribution in [1.82, 2.24) is 4.57 Å². The third kappa shape index (κ3) is 5.35. The number of hydrogen-bond donors (Lipinski definition) is 0. The van der Waals surface area contributed by atoms with E-state index < -0.39 is 23.9 Å². The van der Waals surface area contributed by atoms with Crippen LogP contribution in [0.15, 0.2) is 54.6 Å². The lowest BCUT2D eigenvalue weighted by Gasteiger charge is -2.16. The molecular formula is C33H29NO10. The second-order valence-corrected chi connectivity index (χ2v) is 9.84. The van der Waals surface area contributed by atoms with Crippen LogP contribution in [-0.2, 0) is 25.7 Å². The Hall–Kier alpha value is -5.58. The van der Waals surface area contributed by atoms with E-state index in [0.717, 1.165) is 5.56 Å². The number of aromatic nitrogens is 1. The molecule has 0 saturated carbocycles. The highest BCUT2D eigenvalue weighted by Crippen LogP contribution is 2.50. The van der Waals surface area contributed by atoms with Crippen LogP contribution in [0.5, 0.6) is 28.7 Å². The lowest BCUT2D eigenvalue weighted by atomic mass is 10.00. The summed E-state index contributed by atoms with van der Waals surface area (Å²) in [5.41, 5.74) is 1.47. The Morgan fingerprint density at radius 1 is 0.682 bits per heavy atom. The Kier molecular flexibility index (Phi) is 8.13. The molecule has 11 heteroatoms. The van der Waals surface area contributed by atoms with Crippen molar-refractivity contribution in [1.29, 1.82) is 0 Å². The summed E-state index contributed by atoms with van der Waals surface area (Å²) in [6.45, 7) is 3.90. The Morgan fingerprint density at radius 3 is 1.80 bits per heavy atom. The summed E-state index contributed by atoms with van der Waals surface area (Å²) in [5.74, 6) is -1.35. The van der Waals surface area contributed by atoms with E-state index in [4.69, 9.17) is 28.4 Å². The van der Waals surface area contributed by atoms with Crippen molar-refractivity contribution in [2.75, 3.05) is 21.3 Å². The van der Waals surface area contributed by atoms with Gasteiger partial charge in [0, 0.05) is 49.5 Å². The molecule has 4 aromatic carbocycles. The van der Waals surface area contributed by atoms with Gasteiger partial charge in [-0.2, -0.15) is 0 Å². The predicted molar refractivity (Wildman–Crippen MR) is 161 cm³/mol. The molecule has 1 heterocycles. The second-order valence-electron chi connectivity index (χ2n) is 9.84. The van der Waals surface area contributed by atoms with Crippen molar-refractivity contribution in [2.45, 2.75) is 27.3 Å². The topological polar surface area (TPSA) is 129 Å². The number of esters is 4. The summed E-state index contributed by atoms with van der Waals surface area (Å²) >= 11 is 0. The molecule has 5 aromatic rings. The van der Waals surface area contributed by atoms with Crippen LogP contribution in [0.2, 0.25) is 0 Å². The molecule has 0 fully saturated rings. The Bertz CT molecular complexity index is 1970. The van der Waals surface area contributed by atoms with Gasteiger partial charge in [0.15, 0.2) is 5.75 Å². The van der Waals surface area contributed by atoms with E-state index in [2.05, 4.69) is 0 Å². The Balaban J connectivity index is 2.07. The molecule has 0 N–H and O–H groups in total. The van der Waals surface area contributed by atoms with Gasteiger partial charge in [-0.15, -0.1) is 0 Å². The van der Waals surface area contributed by atoms with Gasteiger partial charge in [-0.3, -0.25) is 14.4 Å². The molecule has 5 rings (SSSR count). The van der Waals surface area contributed by atoms with Crippen LogP contribution < -0.4 is 23.7 Å². The van der Waals surface area contributed by atoms with Gasteiger partial charge in [-0.05, 0) is 29.8 Å². The summed E-state index contributed by atoms with van der Waals surface area (Å²) in [7, 11) is 4.27. The monoisotopic (exact) mass is 599 g/mol. The van der Waals surface area contributed by atoms with Crippen LogP contribution in [0, 0.1) is 0 Å². The molecule has 0 aliphatic carbocycles. The molecule has 0 unspecified atom stereocenters. The number of benzene rings is 4. The van der Waals surface area contributed by atoms with Gasteiger partial charge in [-0.25, -0.2) is 4.79 Å².